The van der Waals surface area contributed by atoms with Gasteiger partial charge in [0.2, 0.25) is 0 Å². The molecule has 13 heavy (non-hydrogen) atoms. The van der Waals surface area contributed by atoms with Crippen LogP contribution >= 0.6 is 11.8 Å². The predicted molar refractivity (Wildman–Crippen MR) is 57.5 cm³/mol. The molecule has 0 aromatic rings. The first kappa shape index (κ1) is 10.4. The summed E-state index contributed by atoms with van der Waals surface area (Å²) in [5.74, 6) is 1.20. The maximum atomic E-state index is 11.4. The van der Waals surface area contributed by atoms with Crippen molar-refractivity contribution in [3.8, 4) is 0 Å². The van der Waals surface area contributed by atoms with Gasteiger partial charge in [0.15, 0.2) is 5.78 Å². The zero-order valence-electron chi connectivity index (χ0n) is 7.82. The third-order valence-corrected chi connectivity index (χ3v) is 2.71. The van der Waals surface area contributed by atoms with Gasteiger partial charge in [0.25, 0.3) is 0 Å². The molecule has 1 rings (SSSR count). The van der Waals surface area contributed by atoms with E-state index in [2.05, 4.69) is 12.2 Å². The summed E-state index contributed by atoms with van der Waals surface area (Å²) in [6.07, 6.45) is 6.44. The molecule has 2 nitrogen and oxygen atoms in total. The molecule has 0 spiro atoms. The molecular formula is C10H15NOS. The smallest absolute Gasteiger partial charge is 0.164 e. The molecule has 1 N–H and O–H groups in total. The summed E-state index contributed by atoms with van der Waals surface area (Å²) >= 11 is 1.70. The van der Waals surface area contributed by atoms with Crippen molar-refractivity contribution >= 4 is 17.5 Å². The first-order valence-corrected chi connectivity index (χ1v) is 5.61. The van der Waals surface area contributed by atoms with E-state index in [1.54, 1.807) is 24.0 Å². The van der Waals surface area contributed by atoms with Crippen LogP contribution in [0.3, 0.4) is 0 Å². The fourth-order valence-corrected chi connectivity index (χ4v) is 1.93. The van der Waals surface area contributed by atoms with Crippen LogP contribution < -0.4 is 5.32 Å². The molecule has 1 aliphatic rings. The van der Waals surface area contributed by atoms with E-state index in [9.17, 15) is 4.79 Å². The molecule has 3 heteroatoms. The lowest BCUT2D eigenvalue weighted by Crippen LogP contribution is -2.12. The Balaban J connectivity index is 2.23. The Morgan fingerprint density at radius 3 is 3.23 bits per heavy atom. The van der Waals surface area contributed by atoms with E-state index in [-0.39, 0.29) is 11.7 Å². The topological polar surface area (TPSA) is 29.1 Å². The molecule has 0 aliphatic carbocycles. The number of carbonyl (C=O) groups excluding carboxylic acids is 1. The second kappa shape index (κ2) is 5.86. The summed E-state index contributed by atoms with van der Waals surface area (Å²) in [6.45, 7) is 3.03. The van der Waals surface area contributed by atoms with Crippen LogP contribution in [0.15, 0.2) is 23.8 Å². The molecule has 0 saturated heterocycles. The number of hydrogen-bond acceptors (Lipinski definition) is 3. The van der Waals surface area contributed by atoms with Crippen molar-refractivity contribution in [2.45, 2.75) is 13.3 Å². The highest BCUT2D eigenvalue weighted by atomic mass is 32.2. The normalized spacial score (nSPS) is 21.2. The highest BCUT2D eigenvalue weighted by molar-refractivity contribution is 8.02. The zero-order valence-corrected chi connectivity index (χ0v) is 8.64. The highest BCUT2D eigenvalue weighted by Crippen LogP contribution is 2.20. The fourth-order valence-electron chi connectivity index (χ4n) is 1.03. The van der Waals surface area contributed by atoms with Crippen molar-refractivity contribution in [1.29, 1.82) is 0 Å². The van der Waals surface area contributed by atoms with Crippen LogP contribution in [0.4, 0.5) is 0 Å². The molecule has 0 aromatic heterocycles. The van der Waals surface area contributed by atoms with E-state index >= 15 is 0 Å². The number of ketones is 1. The van der Waals surface area contributed by atoms with Crippen LogP contribution in [0.5, 0.6) is 0 Å². The first-order valence-electron chi connectivity index (χ1n) is 4.56. The highest BCUT2D eigenvalue weighted by Gasteiger charge is 2.15. The lowest BCUT2D eigenvalue weighted by Gasteiger charge is -2.00. The largest absolute Gasteiger partial charge is 0.391 e. The van der Waals surface area contributed by atoms with E-state index in [0.717, 1.165) is 18.7 Å². The summed E-state index contributed by atoms with van der Waals surface area (Å²) in [7, 11) is 0. The number of hydrogen-bond donors (Lipinski definition) is 1. The Morgan fingerprint density at radius 2 is 2.62 bits per heavy atom. The van der Waals surface area contributed by atoms with Crippen LogP contribution in [-0.4, -0.2) is 18.1 Å². The first-order chi connectivity index (χ1) is 6.34. The predicted octanol–water partition coefficient (Wildman–Crippen LogP) is 1.95. The van der Waals surface area contributed by atoms with E-state index in [1.807, 2.05) is 11.5 Å². The van der Waals surface area contributed by atoms with Gasteiger partial charge in [-0.25, -0.2) is 0 Å². The molecule has 1 heterocycles. The maximum absolute atomic E-state index is 11.4. The Kier molecular flexibility index (Phi) is 4.68. The monoisotopic (exact) mass is 197 g/mol. The minimum absolute atomic E-state index is 0.102. The summed E-state index contributed by atoms with van der Waals surface area (Å²) in [5, 5.41) is 5.05. The third kappa shape index (κ3) is 3.68. The van der Waals surface area contributed by atoms with Gasteiger partial charge in [-0.3, -0.25) is 4.79 Å². The Labute approximate surface area is 83.5 Å². The van der Waals surface area contributed by atoms with Crippen LogP contribution in [0.2, 0.25) is 0 Å². The van der Waals surface area contributed by atoms with Gasteiger partial charge in [0.05, 0.1) is 0 Å². The van der Waals surface area contributed by atoms with Crippen molar-refractivity contribution in [3.63, 3.8) is 0 Å². The number of thioether (sulfide) groups is 1. The van der Waals surface area contributed by atoms with E-state index in [4.69, 9.17) is 0 Å². The molecule has 1 atom stereocenters. The van der Waals surface area contributed by atoms with Gasteiger partial charge >= 0.3 is 0 Å². The summed E-state index contributed by atoms with van der Waals surface area (Å²) < 4.78 is 0. The quantitative estimate of drug-likeness (QED) is 0.539. The Morgan fingerprint density at radius 1 is 1.77 bits per heavy atom. The van der Waals surface area contributed by atoms with Gasteiger partial charge in [-0.05, 0) is 24.1 Å². The lowest BCUT2D eigenvalue weighted by atomic mass is 10.1. The molecular weight excluding hydrogens is 182 g/mol. The standard InChI is InChI=1S/C10H15NOS/c1-2-5-11-6-3-10(12)9-4-7-13-8-9/h3-4,6-7,9,11H,2,5,8H2,1H3/b6-3-. The second-order valence-corrected chi connectivity index (χ2v) is 3.90. The zero-order chi connectivity index (χ0) is 9.52. The average Bonchev–Trinajstić information content (AvgIpc) is 2.65. The summed E-state index contributed by atoms with van der Waals surface area (Å²) in [6, 6.07) is 0. The van der Waals surface area contributed by atoms with E-state index in [0.29, 0.717) is 0 Å². The van der Waals surface area contributed by atoms with Crippen LogP contribution in [0.1, 0.15) is 13.3 Å². The molecule has 0 aromatic carbocycles. The van der Waals surface area contributed by atoms with Crippen molar-refractivity contribution < 1.29 is 4.79 Å². The minimum Gasteiger partial charge on any atom is -0.391 e. The molecule has 1 unspecified atom stereocenters. The number of rotatable bonds is 5. The van der Waals surface area contributed by atoms with Gasteiger partial charge < -0.3 is 5.32 Å². The van der Waals surface area contributed by atoms with Gasteiger partial charge in [-0.15, -0.1) is 11.8 Å². The third-order valence-electron chi connectivity index (χ3n) is 1.81. The van der Waals surface area contributed by atoms with Gasteiger partial charge in [0.1, 0.15) is 0 Å². The van der Waals surface area contributed by atoms with Crippen molar-refractivity contribution in [2.75, 3.05) is 12.3 Å². The molecule has 0 amide bonds. The van der Waals surface area contributed by atoms with Crippen molar-refractivity contribution in [1.82, 2.24) is 5.32 Å². The Hall–Kier alpha value is -0.700. The van der Waals surface area contributed by atoms with Crippen molar-refractivity contribution in [3.05, 3.63) is 23.8 Å². The average molecular weight is 197 g/mol. The number of nitrogens with one attached hydrogen (secondary N) is 1. The molecule has 1 aliphatic heterocycles. The fraction of sp³-hybridized carbons (Fsp3) is 0.500. The van der Waals surface area contributed by atoms with Crippen LogP contribution in [-0.2, 0) is 4.79 Å². The molecule has 0 radical (unpaired) electrons. The molecule has 0 fully saturated rings. The molecule has 0 saturated carbocycles. The summed E-state index contributed by atoms with van der Waals surface area (Å²) in [5.41, 5.74) is 0. The van der Waals surface area contributed by atoms with Crippen molar-refractivity contribution in [2.24, 2.45) is 5.92 Å². The number of carbonyl (C=O) groups is 1. The Bertz CT molecular complexity index is 223. The summed E-state index contributed by atoms with van der Waals surface area (Å²) in [4.78, 5) is 11.4. The second-order valence-electron chi connectivity index (χ2n) is 2.96. The van der Waals surface area contributed by atoms with E-state index in [1.165, 1.54) is 0 Å². The lowest BCUT2D eigenvalue weighted by molar-refractivity contribution is -0.116. The minimum atomic E-state index is 0.102. The SMILES string of the molecule is CCCN/C=C\C(=O)C1C=CSC1. The van der Waals surface area contributed by atoms with Gasteiger partial charge in [-0.2, -0.15) is 0 Å². The molecule has 0 bridgehead atoms. The van der Waals surface area contributed by atoms with Crippen LogP contribution in [0.25, 0.3) is 0 Å². The van der Waals surface area contributed by atoms with Gasteiger partial charge in [-0.1, -0.05) is 13.0 Å². The van der Waals surface area contributed by atoms with Gasteiger partial charge in [0, 0.05) is 18.2 Å². The molecule has 72 valence electrons. The van der Waals surface area contributed by atoms with Crippen LogP contribution in [0, 0.1) is 5.92 Å². The van der Waals surface area contributed by atoms with E-state index < -0.39 is 0 Å². The number of allylic oxidation sites excluding steroid dienone is 2. The maximum Gasteiger partial charge on any atom is 0.164 e.